The van der Waals surface area contributed by atoms with Gasteiger partial charge in [-0.15, -0.1) is 11.8 Å². The topological polar surface area (TPSA) is 49.4 Å². The zero-order valence-corrected chi connectivity index (χ0v) is 16.6. The summed E-state index contributed by atoms with van der Waals surface area (Å²) in [6.07, 6.45) is 0. The van der Waals surface area contributed by atoms with Crippen molar-refractivity contribution in [2.75, 3.05) is 24.2 Å². The third-order valence-corrected chi connectivity index (χ3v) is 5.15. The predicted octanol–water partition coefficient (Wildman–Crippen LogP) is 4.69. The van der Waals surface area contributed by atoms with Crippen LogP contribution in [0, 0.1) is 0 Å². The lowest BCUT2D eigenvalue weighted by Gasteiger charge is -2.20. The number of amides is 2. The Morgan fingerprint density at radius 3 is 2.35 bits per heavy atom. The number of carbonyl (C=O) groups excluding carboxylic acids is 2. The van der Waals surface area contributed by atoms with Crippen LogP contribution < -0.4 is 5.32 Å². The molecule has 2 aromatic rings. The maximum absolute atomic E-state index is 12.6. The molecule has 0 unspecified atom stereocenters. The number of benzene rings is 2. The first-order chi connectivity index (χ1) is 12.5. The van der Waals surface area contributed by atoms with Crippen LogP contribution in [0.5, 0.6) is 0 Å². The van der Waals surface area contributed by atoms with Crippen molar-refractivity contribution in [2.24, 2.45) is 0 Å². The SMILES string of the molecule is CCN(CC)C(=O)c1ccccc1NC(=O)CSCc1ccc(Cl)cc1. The van der Waals surface area contributed by atoms with Crippen LogP contribution >= 0.6 is 23.4 Å². The van der Waals surface area contributed by atoms with Gasteiger partial charge in [-0.05, 0) is 43.7 Å². The molecule has 2 aromatic carbocycles. The molecule has 0 atom stereocenters. The first kappa shape index (κ1) is 20.3. The van der Waals surface area contributed by atoms with E-state index in [9.17, 15) is 9.59 Å². The first-order valence-electron chi connectivity index (χ1n) is 8.55. The molecule has 1 N–H and O–H groups in total. The number of carbonyl (C=O) groups is 2. The second kappa shape index (κ2) is 10.2. The van der Waals surface area contributed by atoms with Crippen LogP contribution in [-0.2, 0) is 10.5 Å². The molecule has 0 aromatic heterocycles. The normalized spacial score (nSPS) is 10.4. The highest BCUT2D eigenvalue weighted by Crippen LogP contribution is 2.19. The zero-order chi connectivity index (χ0) is 18.9. The summed E-state index contributed by atoms with van der Waals surface area (Å²) < 4.78 is 0. The van der Waals surface area contributed by atoms with Gasteiger partial charge in [0.2, 0.25) is 5.91 Å². The van der Waals surface area contributed by atoms with E-state index in [1.807, 2.05) is 50.2 Å². The summed E-state index contributed by atoms with van der Waals surface area (Å²) >= 11 is 7.39. The smallest absolute Gasteiger partial charge is 0.255 e. The van der Waals surface area contributed by atoms with Gasteiger partial charge in [-0.3, -0.25) is 9.59 Å². The highest BCUT2D eigenvalue weighted by atomic mass is 35.5. The van der Waals surface area contributed by atoms with Crippen molar-refractivity contribution in [3.05, 3.63) is 64.7 Å². The van der Waals surface area contributed by atoms with E-state index in [2.05, 4.69) is 5.32 Å². The minimum absolute atomic E-state index is 0.0697. The van der Waals surface area contributed by atoms with E-state index < -0.39 is 0 Å². The highest BCUT2D eigenvalue weighted by Gasteiger charge is 2.17. The fourth-order valence-electron chi connectivity index (χ4n) is 2.49. The molecule has 0 saturated carbocycles. The van der Waals surface area contributed by atoms with Crippen LogP contribution in [0.2, 0.25) is 5.02 Å². The molecule has 0 aliphatic carbocycles. The van der Waals surface area contributed by atoms with Crippen LogP contribution in [0.25, 0.3) is 0 Å². The molecule has 138 valence electrons. The van der Waals surface area contributed by atoms with E-state index in [0.29, 0.717) is 35.1 Å². The maximum Gasteiger partial charge on any atom is 0.255 e. The average molecular weight is 391 g/mol. The fourth-order valence-corrected chi connectivity index (χ4v) is 3.40. The molecule has 0 aliphatic rings. The highest BCUT2D eigenvalue weighted by molar-refractivity contribution is 7.99. The quantitative estimate of drug-likeness (QED) is 0.711. The van der Waals surface area contributed by atoms with Gasteiger partial charge in [0, 0.05) is 23.9 Å². The van der Waals surface area contributed by atoms with Crippen molar-refractivity contribution in [3.8, 4) is 0 Å². The van der Waals surface area contributed by atoms with Gasteiger partial charge < -0.3 is 10.2 Å². The summed E-state index contributed by atoms with van der Waals surface area (Å²) in [7, 11) is 0. The number of para-hydroxylation sites is 1. The number of nitrogens with zero attached hydrogens (tertiary/aromatic N) is 1. The second-order valence-electron chi connectivity index (χ2n) is 5.69. The van der Waals surface area contributed by atoms with Crippen LogP contribution in [0.15, 0.2) is 48.5 Å². The Kier molecular flexibility index (Phi) is 8.01. The molecule has 6 heteroatoms. The summed E-state index contributed by atoms with van der Waals surface area (Å²) in [6, 6.07) is 14.7. The third-order valence-electron chi connectivity index (χ3n) is 3.90. The molecule has 0 bridgehead atoms. The van der Waals surface area contributed by atoms with E-state index in [0.717, 1.165) is 11.3 Å². The fraction of sp³-hybridized carbons (Fsp3) is 0.300. The minimum Gasteiger partial charge on any atom is -0.339 e. The van der Waals surface area contributed by atoms with Gasteiger partial charge in [0.1, 0.15) is 0 Å². The van der Waals surface area contributed by atoms with Gasteiger partial charge in [-0.25, -0.2) is 0 Å². The van der Waals surface area contributed by atoms with Crippen LogP contribution in [0.4, 0.5) is 5.69 Å². The summed E-state index contributed by atoms with van der Waals surface area (Å²) in [6.45, 7) is 5.15. The third kappa shape index (κ3) is 5.78. The van der Waals surface area contributed by atoms with Gasteiger partial charge >= 0.3 is 0 Å². The minimum atomic E-state index is -0.122. The largest absolute Gasteiger partial charge is 0.339 e. The molecule has 2 amide bonds. The summed E-state index contributed by atoms with van der Waals surface area (Å²) in [4.78, 5) is 26.6. The van der Waals surface area contributed by atoms with Gasteiger partial charge in [0.05, 0.1) is 17.0 Å². The zero-order valence-electron chi connectivity index (χ0n) is 15.0. The van der Waals surface area contributed by atoms with E-state index in [4.69, 9.17) is 11.6 Å². The Balaban J connectivity index is 1.94. The van der Waals surface area contributed by atoms with Crippen molar-refractivity contribution in [3.63, 3.8) is 0 Å². The number of hydrogen-bond donors (Lipinski definition) is 1. The van der Waals surface area contributed by atoms with Crippen LogP contribution in [0.3, 0.4) is 0 Å². The Morgan fingerprint density at radius 2 is 1.69 bits per heavy atom. The van der Waals surface area contributed by atoms with E-state index in [-0.39, 0.29) is 11.8 Å². The Labute approximate surface area is 163 Å². The van der Waals surface area contributed by atoms with E-state index in [1.165, 1.54) is 11.8 Å². The van der Waals surface area contributed by atoms with Gasteiger partial charge in [0.25, 0.3) is 5.91 Å². The Hall–Kier alpha value is -1.98. The molecule has 0 heterocycles. The molecule has 0 saturated heterocycles. The molecular weight excluding hydrogens is 368 g/mol. The first-order valence-corrected chi connectivity index (χ1v) is 10.1. The predicted molar refractivity (Wildman–Crippen MR) is 110 cm³/mol. The molecular formula is C20H23ClN2O2S. The lowest BCUT2D eigenvalue weighted by atomic mass is 10.1. The van der Waals surface area contributed by atoms with Crippen molar-refractivity contribution < 1.29 is 9.59 Å². The van der Waals surface area contributed by atoms with E-state index in [1.54, 1.807) is 17.0 Å². The van der Waals surface area contributed by atoms with Gasteiger partial charge in [0.15, 0.2) is 0 Å². The van der Waals surface area contributed by atoms with Gasteiger partial charge in [-0.2, -0.15) is 0 Å². The Morgan fingerprint density at radius 1 is 1.04 bits per heavy atom. The molecule has 0 aliphatic heterocycles. The number of rotatable bonds is 8. The summed E-state index contributed by atoms with van der Waals surface area (Å²) in [5.41, 5.74) is 2.19. The lowest BCUT2D eigenvalue weighted by Crippen LogP contribution is -2.31. The number of nitrogens with one attached hydrogen (secondary N) is 1. The number of thioether (sulfide) groups is 1. The monoisotopic (exact) mass is 390 g/mol. The average Bonchev–Trinajstić information content (AvgIpc) is 2.64. The molecule has 4 nitrogen and oxygen atoms in total. The van der Waals surface area contributed by atoms with Crippen molar-refractivity contribution in [2.45, 2.75) is 19.6 Å². The van der Waals surface area contributed by atoms with Crippen molar-refractivity contribution in [1.82, 2.24) is 4.90 Å². The number of hydrogen-bond acceptors (Lipinski definition) is 3. The summed E-state index contributed by atoms with van der Waals surface area (Å²) in [5.74, 6) is 0.851. The van der Waals surface area contributed by atoms with Gasteiger partial charge in [-0.1, -0.05) is 35.9 Å². The summed E-state index contributed by atoms with van der Waals surface area (Å²) in [5, 5.41) is 3.56. The number of halogens is 1. The molecule has 26 heavy (non-hydrogen) atoms. The number of anilines is 1. The maximum atomic E-state index is 12.6. The standard InChI is InChI=1S/C20H23ClN2O2S/c1-3-23(4-2)20(25)17-7-5-6-8-18(17)22-19(24)14-26-13-15-9-11-16(21)12-10-15/h5-12H,3-4,13-14H2,1-2H3,(H,22,24). The lowest BCUT2D eigenvalue weighted by molar-refractivity contribution is -0.113. The van der Waals surface area contributed by atoms with Crippen molar-refractivity contribution >= 4 is 40.9 Å². The molecule has 0 spiro atoms. The van der Waals surface area contributed by atoms with Crippen LogP contribution in [-0.4, -0.2) is 35.6 Å². The molecule has 0 radical (unpaired) electrons. The second-order valence-corrected chi connectivity index (χ2v) is 7.11. The van der Waals surface area contributed by atoms with Crippen molar-refractivity contribution in [1.29, 1.82) is 0 Å². The van der Waals surface area contributed by atoms with E-state index >= 15 is 0 Å². The molecule has 2 rings (SSSR count). The Bertz CT molecular complexity index is 746. The molecule has 0 fully saturated rings. The van der Waals surface area contributed by atoms with Crippen LogP contribution in [0.1, 0.15) is 29.8 Å².